The Labute approximate surface area is 128 Å². The van der Waals surface area contributed by atoms with Crippen LogP contribution in [-0.2, 0) is 4.74 Å². The summed E-state index contributed by atoms with van der Waals surface area (Å²) < 4.78 is 6.80. The van der Waals surface area contributed by atoms with Crippen LogP contribution in [0.3, 0.4) is 0 Å². The van der Waals surface area contributed by atoms with Crippen molar-refractivity contribution < 1.29 is 9.53 Å². The van der Waals surface area contributed by atoms with Gasteiger partial charge in [-0.05, 0) is 59.8 Å². The van der Waals surface area contributed by atoms with Gasteiger partial charge in [-0.1, -0.05) is 12.8 Å². The molecule has 20 heavy (non-hydrogen) atoms. The standard InChI is InChI=1S/C16H20BrNO2/c17-13-9-11(3-4-14(13)18)15(19)12-5-8-20-16(10-12)6-1-2-7-16/h3-4,9,12H,1-2,5-8,10,18H2. The minimum atomic E-state index is -0.0103. The van der Waals surface area contributed by atoms with Gasteiger partial charge in [0.25, 0.3) is 0 Å². The highest BCUT2D eigenvalue weighted by atomic mass is 79.9. The van der Waals surface area contributed by atoms with Crippen molar-refractivity contribution in [2.75, 3.05) is 12.3 Å². The molecule has 1 heterocycles. The van der Waals surface area contributed by atoms with Crippen LogP contribution >= 0.6 is 15.9 Å². The number of carbonyl (C=O) groups excluding carboxylic acids is 1. The van der Waals surface area contributed by atoms with E-state index in [0.717, 1.165) is 35.7 Å². The molecule has 1 atom stereocenters. The molecule has 1 aliphatic heterocycles. The van der Waals surface area contributed by atoms with Gasteiger partial charge in [-0.15, -0.1) is 0 Å². The number of rotatable bonds is 2. The first-order valence-corrected chi connectivity index (χ1v) is 8.12. The number of Topliss-reactive ketones (excluding diaryl/α,β-unsaturated/α-hetero) is 1. The molecule has 1 aromatic rings. The van der Waals surface area contributed by atoms with Gasteiger partial charge in [0.2, 0.25) is 0 Å². The van der Waals surface area contributed by atoms with Gasteiger partial charge in [-0.25, -0.2) is 0 Å². The maximum absolute atomic E-state index is 12.7. The molecule has 4 heteroatoms. The number of nitrogens with two attached hydrogens (primary N) is 1. The molecule has 1 unspecified atom stereocenters. The van der Waals surface area contributed by atoms with Crippen molar-refractivity contribution in [3.63, 3.8) is 0 Å². The van der Waals surface area contributed by atoms with Crippen LogP contribution in [0.2, 0.25) is 0 Å². The molecule has 2 fully saturated rings. The zero-order valence-electron chi connectivity index (χ0n) is 11.5. The molecular formula is C16H20BrNO2. The second kappa shape index (κ2) is 5.49. The van der Waals surface area contributed by atoms with Gasteiger partial charge in [0.1, 0.15) is 0 Å². The summed E-state index contributed by atoms with van der Waals surface area (Å²) in [5, 5.41) is 0. The van der Waals surface area contributed by atoms with Crippen LogP contribution in [0.5, 0.6) is 0 Å². The fourth-order valence-corrected chi connectivity index (χ4v) is 3.91. The largest absolute Gasteiger partial charge is 0.398 e. The molecule has 1 aromatic carbocycles. The summed E-state index contributed by atoms with van der Waals surface area (Å²) in [5.41, 5.74) is 7.20. The molecule has 3 rings (SSSR count). The van der Waals surface area contributed by atoms with E-state index in [4.69, 9.17) is 10.5 Å². The number of ketones is 1. The van der Waals surface area contributed by atoms with Crippen molar-refractivity contribution >= 4 is 27.4 Å². The second-order valence-electron chi connectivity index (χ2n) is 6.03. The first-order valence-electron chi connectivity index (χ1n) is 7.33. The third-order valence-electron chi connectivity index (χ3n) is 4.66. The van der Waals surface area contributed by atoms with Crippen molar-refractivity contribution in [3.05, 3.63) is 28.2 Å². The van der Waals surface area contributed by atoms with E-state index >= 15 is 0 Å². The zero-order chi connectivity index (χ0) is 14.2. The number of hydrogen-bond donors (Lipinski definition) is 1. The Hall–Kier alpha value is -0.870. The lowest BCUT2D eigenvalue weighted by atomic mass is 9.80. The van der Waals surface area contributed by atoms with Gasteiger partial charge in [0.05, 0.1) is 5.60 Å². The Kier molecular flexibility index (Phi) is 3.87. The topological polar surface area (TPSA) is 52.3 Å². The zero-order valence-corrected chi connectivity index (χ0v) is 13.1. The van der Waals surface area contributed by atoms with Gasteiger partial charge in [0.15, 0.2) is 5.78 Å². The van der Waals surface area contributed by atoms with E-state index < -0.39 is 0 Å². The maximum atomic E-state index is 12.7. The molecule has 0 aromatic heterocycles. The van der Waals surface area contributed by atoms with Crippen LogP contribution < -0.4 is 5.73 Å². The third kappa shape index (κ3) is 2.63. The molecule has 2 N–H and O–H groups in total. The summed E-state index contributed by atoms with van der Waals surface area (Å²) in [5.74, 6) is 0.331. The minimum Gasteiger partial charge on any atom is -0.398 e. The summed E-state index contributed by atoms with van der Waals surface area (Å²) in [6, 6.07) is 5.47. The number of ether oxygens (including phenoxy) is 1. The first-order chi connectivity index (χ1) is 9.60. The fraction of sp³-hybridized carbons (Fsp3) is 0.562. The van der Waals surface area contributed by atoms with E-state index in [2.05, 4.69) is 15.9 Å². The molecule has 1 spiro atoms. The molecular weight excluding hydrogens is 318 g/mol. The second-order valence-corrected chi connectivity index (χ2v) is 6.88. The first kappa shape index (κ1) is 14.1. The van der Waals surface area contributed by atoms with Crippen LogP contribution in [0, 0.1) is 5.92 Å². The van der Waals surface area contributed by atoms with Gasteiger partial charge in [-0.3, -0.25) is 4.79 Å². The van der Waals surface area contributed by atoms with Crippen molar-refractivity contribution in [1.82, 2.24) is 0 Å². The number of carbonyl (C=O) groups is 1. The lowest BCUT2D eigenvalue weighted by Crippen LogP contribution is -2.39. The summed E-state index contributed by atoms with van der Waals surface area (Å²) >= 11 is 3.40. The number of hydrogen-bond acceptors (Lipinski definition) is 3. The summed E-state index contributed by atoms with van der Waals surface area (Å²) in [6.45, 7) is 0.715. The normalized spacial score (nSPS) is 24.9. The Morgan fingerprint density at radius 3 is 2.80 bits per heavy atom. The van der Waals surface area contributed by atoms with E-state index in [-0.39, 0.29) is 17.3 Å². The van der Waals surface area contributed by atoms with Crippen molar-refractivity contribution in [3.8, 4) is 0 Å². The summed E-state index contributed by atoms with van der Waals surface area (Å²) in [6.07, 6.45) is 6.41. The minimum absolute atomic E-state index is 0.0103. The predicted octanol–water partition coefficient (Wildman–Crippen LogP) is 3.95. The maximum Gasteiger partial charge on any atom is 0.166 e. The van der Waals surface area contributed by atoms with Crippen LogP contribution in [0.15, 0.2) is 22.7 Å². The smallest absolute Gasteiger partial charge is 0.166 e. The van der Waals surface area contributed by atoms with E-state index in [0.29, 0.717) is 12.3 Å². The molecule has 1 saturated heterocycles. The Morgan fingerprint density at radius 1 is 1.35 bits per heavy atom. The number of halogens is 1. The molecule has 0 radical (unpaired) electrons. The van der Waals surface area contributed by atoms with Crippen molar-refractivity contribution in [2.24, 2.45) is 5.92 Å². The highest BCUT2D eigenvalue weighted by Crippen LogP contribution is 2.42. The summed E-state index contributed by atoms with van der Waals surface area (Å²) in [7, 11) is 0. The Morgan fingerprint density at radius 2 is 2.10 bits per heavy atom. The number of anilines is 1. The van der Waals surface area contributed by atoms with Crippen LogP contribution in [0.4, 0.5) is 5.69 Å². The highest BCUT2D eigenvalue weighted by molar-refractivity contribution is 9.10. The van der Waals surface area contributed by atoms with Crippen LogP contribution in [0.25, 0.3) is 0 Å². The Bertz CT molecular complexity index is 523. The lowest BCUT2D eigenvalue weighted by molar-refractivity contribution is -0.0866. The number of benzene rings is 1. The van der Waals surface area contributed by atoms with Crippen LogP contribution in [0.1, 0.15) is 48.9 Å². The predicted molar refractivity (Wildman–Crippen MR) is 82.8 cm³/mol. The van der Waals surface area contributed by atoms with Gasteiger partial charge < -0.3 is 10.5 Å². The molecule has 3 nitrogen and oxygen atoms in total. The fourth-order valence-electron chi connectivity index (χ4n) is 3.54. The average molecular weight is 338 g/mol. The molecule has 2 aliphatic rings. The molecule has 108 valence electrons. The average Bonchev–Trinajstić information content (AvgIpc) is 2.89. The van der Waals surface area contributed by atoms with E-state index in [1.54, 1.807) is 6.07 Å². The number of nitrogen functional groups attached to an aromatic ring is 1. The van der Waals surface area contributed by atoms with Crippen molar-refractivity contribution in [2.45, 2.75) is 44.1 Å². The lowest BCUT2D eigenvalue weighted by Gasteiger charge is -2.37. The third-order valence-corrected chi connectivity index (χ3v) is 5.35. The van der Waals surface area contributed by atoms with Gasteiger partial charge in [0, 0.05) is 28.2 Å². The SMILES string of the molecule is Nc1ccc(C(=O)C2CCOC3(CCCC3)C2)cc1Br. The van der Waals surface area contributed by atoms with Gasteiger partial charge in [-0.2, -0.15) is 0 Å². The quantitative estimate of drug-likeness (QED) is 0.656. The molecule has 0 bridgehead atoms. The monoisotopic (exact) mass is 337 g/mol. The van der Waals surface area contributed by atoms with E-state index in [1.807, 2.05) is 12.1 Å². The summed E-state index contributed by atoms with van der Waals surface area (Å²) in [4.78, 5) is 12.7. The van der Waals surface area contributed by atoms with E-state index in [1.165, 1.54) is 12.8 Å². The molecule has 1 aliphatic carbocycles. The highest BCUT2D eigenvalue weighted by Gasteiger charge is 2.41. The molecule has 0 amide bonds. The van der Waals surface area contributed by atoms with E-state index in [9.17, 15) is 4.79 Å². The molecule has 1 saturated carbocycles. The van der Waals surface area contributed by atoms with Crippen molar-refractivity contribution in [1.29, 1.82) is 0 Å². The van der Waals surface area contributed by atoms with Crippen LogP contribution in [-0.4, -0.2) is 18.0 Å². The van der Waals surface area contributed by atoms with Gasteiger partial charge >= 0.3 is 0 Å². The Balaban J connectivity index is 1.77.